The van der Waals surface area contributed by atoms with Crippen LogP contribution in [0.25, 0.3) is 11.5 Å². The quantitative estimate of drug-likeness (QED) is 0.0508. The van der Waals surface area contributed by atoms with Gasteiger partial charge in [-0.3, -0.25) is 0 Å². The van der Waals surface area contributed by atoms with Crippen LogP contribution in [0.2, 0.25) is 0 Å². The van der Waals surface area contributed by atoms with Crippen molar-refractivity contribution in [3.05, 3.63) is 11.5 Å². The average molecular weight is 723 g/mol. The molecule has 5 heteroatoms. The van der Waals surface area contributed by atoms with Crippen LogP contribution in [0.4, 0.5) is 0 Å². The van der Waals surface area contributed by atoms with E-state index in [1.165, 1.54) is 212 Å². The molecule has 47 heavy (non-hydrogen) atoms. The van der Waals surface area contributed by atoms with E-state index in [0.29, 0.717) is 19.7 Å². The second-order valence-corrected chi connectivity index (χ2v) is 13.9. The fourth-order valence-electron chi connectivity index (χ4n) is 5.88. The Morgan fingerprint density at radius 3 is 0.574 bits per heavy atom. The molecule has 3 N–H and O–H groups in total. The van der Waals surface area contributed by atoms with Gasteiger partial charge < -0.3 is 29.0 Å². The van der Waals surface area contributed by atoms with Gasteiger partial charge in [0.2, 0.25) is 0 Å². The van der Waals surface area contributed by atoms with Crippen LogP contribution in [-0.4, -0.2) is 24.8 Å². The summed E-state index contributed by atoms with van der Waals surface area (Å²) in [6, 6.07) is 0. The molecular weight excluding hydrogens is 632 g/mol. The summed E-state index contributed by atoms with van der Waals surface area (Å²) in [6.45, 7) is 8.35. The van der Waals surface area contributed by atoms with Crippen molar-refractivity contribution < 1.29 is 39.2 Å². The van der Waals surface area contributed by atoms with Crippen molar-refractivity contribution in [2.45, 2.75) is 252 Å². The third-order valence-electron chi connectivity index (χ3n) is 9.07. The minimum atomic E-state index is 0. The Bertz CT molecular complexity index is 375. The van der Waals surface area contributed by atoms with Crippen molar-refractivity contribution in [3.8, 4) is 0 Å². The van der Waals surface area contributed by atoms with Crippen molar-refractivity contribution in [1.82, 2.24) is 0 Å². The van der Waals surface area contributed by atoms with Crippen LogP contribution in [-0.2, 0) is 21.7 Å². The van der Waals surface area contributed by atoms with Crippen molar-refractivity contribution in [3.63, 3.8) is 0 Å². The van der Waals surface area contributed by atoms with E-state index in [4.69, 9.17) is 16.6 Å². The van der Waals surface area contributed by atoms with Crippen LogP contribution in [0.3, 0.4) is 0 Å². The maximum absolute atomic E-state index is 8.29. The molecule has 0 aliphatic heterocycles. The molecular formula is C42H90ClN2OTi-. The summed E-state index contributed by atoms with van der Waals surface area (Å²) < 4.78 is 0. The predicted octanol–water partition coefficient (Wildman–Crippen LogP) is 13.2. The van der Waals surface area contributed by atoms with Crippen molar-refractivity contribution >= 4 is 0 Å². The molecule has 286 valence electrons. The number of nitrogens with one attached hydrogen (secondary N) is 2. The van der Waals surface area contributed by atoms with Gasteiger partial charge >= 0.3 is 21.7 Å². The van der Waals surface area contributed by atoms with Gasteiger partial charge in [-0.15, -0.1) is 0 Å². The van der Waals surface area contributed by atoms with Crippen molar-refractivity contribution in [1.29, 1.82) is 0 Å². The van der Waals surface area contributed by atoms with Gasteiger partial charge in [-0.25, -0.2) is 0 Å². The Labute approximate surface area is 320 Å². The molecule has 0 saturated carbocycles. The number of hydrogen-bond donors (Lipinski definition) is 1. The van der Waals surface area contributed by atoms with Crippen molar-refractivity contribution in [2.24, 2.45) is 0 Å². The largest absolute Gasteiger partial charge is 2.00 e. The number of aliphatic hydroxyl groups excluding tert-OH is 1. The molecule has 0 heterocycles. The fourth-order valence-corrected chi connectivity index (χ4v) is 5.88. The second kappa shape index (κ2) is 62.1. The normalized spacial score (nSPS) is 10.3. The zero-order valence-electron chi connectivity index (χ0n) is 32.9. The van der Waals surface area contributed by atoms with Crippen LogP contribution < -0.4 is 12.4 Å². The van der Waals surface area contributed by atoms with Gasteiger partial charge in [0.15, 0.2) is 0 Å². The van der Waals surface area contributed by atoms with Crippen LogP contribution in [0.5, 0.6) is 0 Å². The number of aliphatic hydroxyl groups is 1. The van der Waals surface area contributed by atoms with Crippen LogP contribution in [0.1, 0.15) is 252 Å². The van der Waals surface area contributed by atoms with E-state index in [2.05, 4.69) is 20.8 Å². The molecule has 0 aromatic heterocycles. The molecule has 0 spiro atoms. The summed E-state index contributed by atoms with van der Waals surface area (Å²) in [4.78, 5) is 0. The van der Waals surface area contributed by atoms with Crippen LogP contribution in [0.15, 0.2) is 0 Å². The van der Waals surface area contributed by atoms with E-state index >= 15 is 0 Å². The second-order valence-electron chi connectivity index (χ2n) is 13.9. The number of rotatable bonds is 36. The molecule has 0 aliphatic carbocycles. The zero-order valence-corrected chi connectivity index (χ0v) is 35.2. The minimum absolute atomic E-state index is 0. The summed E-state index contributed by atoms with van der Waals surface area (Å²) in [5.41, 5.74) is 14.2. The maximum atomic E-state index is 8.29. The molecule has 0 amide bonds. The Hall–Kier alpha value is 0.884. The topological polar surface area (TPSA) is 67.8 Å². The first kappa shape index (κ1) is 57.2. The third-order valence-corrected chi connectivity index (χ3v) is 9.07. The van der Waals surface area contributed by atoms with Gasteiger partial charge in [-0.1, -0.05) is 245 Å². The van der Waals surface area contributed by atoms with E-state index in [1.807, 2.05) is 0 Å². The van der Waals surface area contributed by atoms with Gasteiger partial charge in [0.1, 0.15) is 0 Å². The van der Waals surface area contributed by atoms with Gasteiger partial charge in [0, 0.05) is 6.61 Å². The Balaban J connectivity index is -0.000000201. The molecule has 0 rings (SSSR count). The first-order chi connectivity index (χ1) is 22.2. The third kappa shape index (κ3) is 69.4. The van der Waals surface area contributed by atoms with E-state index in [9.17, 15) is 0 Å². The molecule has 0 atom stereocenters. The summed E-state index contributed by atoms with van der Waals surface area (Å²) in [7, 11) is 0. The van der Waals surface area contributed by atoms with Gasteiger partial charge in [0.25, 0.3) is 0 Å². The average Bonchev–Trinajstić information content (AvgIpc) is 3.05. The number of hydrogen-bond acceptors (Lipinski definition) is 1. The predicted molar refractivity (Wildman–Crippen MR) is 209 cm³/mol. The fraction of sp³-hybridized carbons (Fsp3) is 1.00. The SMILES string of the molecule is CCCCCCCCCCCCCCCCCC[NH-].CCCCCCCCCCCCCCCCCC[NH-].CCCCCCO.[Cl-].[Ti+2]. The Morgan fingerprint density at radius 1 is 0.277 bits per heavy atom. The number of halogens is 1. The van der Waals surface area contributed by atoms with E-state index in [1.54, 1.807) is 0 Å². The van der Waals surface area contributed by atoms with Crippen molar-refractivity contribution in [2.75, 3.05) is 19.7 Å². The monoisotopic (exact) mass is 722 g/mol. The summed E-state index contributed by atoms with van der Waals surface area (Å²) in [5, 5.41) is 8.29. The first-order valence-corrected chi connectivity index (χ1v) is 21.1. The molecule has 0 saturated heterocycles. The molecule has 0 aliphatic rings. The zero-order chi connectivity index (χ0) is 33.6. The first-order valence-electron chi connectivity index (χ1n) is 21.1. The minimum Gasteiger partial charge on any atom is -1.00 e. The van der Waals surface area contributed by atoms with E-state index in [0.717, 1.165) is 19.3 Å². The van der Waals surface area contributed by atoms with E-state index in [-0.39, 0.29) is 34.1 Å². The molecule has 0 fully saturated rings. The number of unbranched alkanes of at least 4 members (excludes halogenated alkanes) is 33. The standard InChI is InChI=1S/2C18H38N.C6H14O.ClH.Ti/c2*1-2-3-4-5-6-7-8-9-10-11-12-13-14-15-16-17-18-19;1-2-3-4-5-6-7;;/h2*19H,2-18H2,1H3;7H,2-6H2,1H3;1H;/q2*-1;;;+2/p-1. The maximum Gasteiger partial charge on any atom is 2.00 e. The summed E-state index contributed by atoms with van der Waals surface area (Å²) in [5.74, 6) is 0. The Kier molecular flexibility index (Phi) is 75.6. The smallest absolute Gasteiger partial charge is 1.00 e. The molecule has 0 aromatic carbocycles. The van der Waals surface area contributed by atoms with Crippen LogP contribution in [0, 0.1) is 0 Å². The molecule has 3 nitrogen and oxygen atoms in total. The molecule has 0 aromatic rings. The van der Waals surface area contributed by atoms with Gasteiger partial charge in [0.05, 0.1) is 0 Å². The summed E-state index contributed by atoms with van der Waals surface area (Å²) >= 11 is 0. The Morgan fingerprint density at radius 2 is 0.426 bits per heavy atom. The molecule has 0 unspecified atom stereocenters. The van der Waals surface area contributed by atoms with E-state index < -0.39 is 0 Å². The van der Waals surface area contributed by atoms with Crippen LogP contribution >= 0.6 is 0 Å². The summed E-state index contributed by atoms with van der Waals surface area (Å²) in [6.07, 6.45) is 49.7. The molecule has 0 radical (unpaired) electrons. The van der Waals surface area contributed by atoms with Gasteiger partial charge in [-0.2, -0.15) is 13.1 Å². The molecule has 0 bridgehead atoms. The van der Waals surface area contributed by atoms with Gasteiger partial charge in [-0.05, 0) is 6.42 Å².